The van der Waals surface area contributed by atoms with E-state index >= 15 is 0 Å². The molecule has 2 aromatic rings. The molecule has 5 heteroatoms. The van der Waals surface area contributed by atoms with Crippen LogP contribution in [0.4, 0.5) is 5.69 Å². The zero-order valence-corrected chi connectivity index (χ0v) is 14.9. The van der Waals surface area contributed by atoms with Gasteiger partial charge < -0.3 is 10.2 Å². The molecule has 126 valence electrons. The first-order valence-electron chi connectivity index (χ1n) is 8.38. The fraction of sp³-hybridized carbons (Fsp3) is 0.368. The summed E-state index contributed by atoms with van der Waals surface area (Å²) in [6, 6.07) is 9.16. The van der Waals surface area contributed by atoms with Crippen molar-refractivity contribution in [3.63, 3.8) is 0 Å². The first kappa shape index (κ1) is 16.7. The van der Waals surface area contributed by atoms with Crippen LogP contribution in [0.3, 0.4) is 0 Å². The smallest absolute Gasteiger partial charge is 0.265 e. The average Bonchev–Trinajstić information content (AvgIpc) is 3.24. The van der Waals surface area contributed by atoms with Gasteiger partial charge in [-0.3, -0.25) is 9.59 Å². The SMILES string of the molecule is CCc1cc(C(=O)Nc2cccc(C(=O)N3CCCC3)c2)sc1C. The van der Waals surface area contributed by atoms with Crippen LogP contribution in [-0.2, 0) is 6.42 Å². The number of rotatable bonds is 4. The minimum absolute atomic E-state index is 0.0452. The third-order valence-electron chi connectivity index (χ3n) is 4.39. The summed E-state index contributed by atoms with van der Waals surface area (Å²) >= 11 is 1.51. The molecule has 4 nitrogen and oxygen atoms in total. The number of hydrogen-bond acceptors (Lipinski definition) is 3. The second kappa shape index (κ2) is 7.18. The number of nitrogens with one attached hydrogen (secondary N) is 1. The van der Waals surface area contributed by atoms with Crippen LogP contribution >= 0.6 is 11.3 Å². The number of aryl methyl sites for hydroxylation is 2. The maximum absolute atomic E-state index is 12.5. The topological polar surface area (TPSA) is 49.4 Å². The molecule has 2 heterocycles. The Morgan fingerprint density at radius 3 is 2.62 bits per heavy atom. The van der Waals surface area contributed by atoms with E-state index in [1.54, 1.807) is 12.1 Å². The largest absolute Gasteiger partial charge is 0.339 e. The lowest BCUT2D eigenvalue weighted by molar-refractivity contribution is 0.0792. The van der Waals surface area contributed by atoms with E-state index in [-0.39, 0.29) is 11.8 Å². The van der Waals surface area contributed by atoms with Crippen molar-refractivity contribution in [1.82, 2.24) is 4.90 Å². The molecule has 2 amide bonds. The van der Waals surface area contributed by atoms with Crippen molar-refractivity contribution in [2.24, 2.45) is 0 Å². The van der Waals surface area contributed by atoms with Gasteiger partial charge in [-0.25, -0.2) is 0 Å². The number of likely N-dealkylation sites (tertiary alicyclic amines) is 1. The van der Waals surface area contributed by atoms with Gasteiger partial charge in [-0.15, -0.1) is 11.3 Å². The molecule has 1 aromatic heterocycles. The summed E-state index contributed by atoms with van der Waals surface area (Å²) in [4.78, 5) is 28.7. The number of hydrogen-bond donors (Lipinski definition) is 1. The Morgan fingerprint density at radius 2 is 1.96 bits per heavy atom. The first-order chi connectivity index (χ1) is 11.6. The fourth-order valence-corrected chi connectivity index (χ4v) is 4.02. The monoisotopic (exact) mass is 342 g/mol. The molecule has 3 rings (SSSR count). The molecule has 0 unspecified atom stereocenters. The summed E-state index contributed by atoms with van der Waals surface area (Å²) in [5.41, 5.74) is 2.50. The number of carbonyl (C=O) groups excluding carboxylic acids is 2. The second-order valence-corrected chi connectivity index (χ2v) is 7.34. The van der Waals surface area contributed by atoms with Crippen LogP contribution < -0.4 is 5.32 Å². The molecule has 24 heavy (non-hydrogen) atoms. The minimum atomic E-state index is -0.117. The van der Waals surface area contributed by atoms with Crippen molar-refractivity contribution in [1.29, 1.82) is 0 Å². The van der Waals surface area contributed by atoms with Gasteiger partial charge in [-0.2, -0.15) is 0 Å². The Hall–Kier alpha value is -2.14. The van der Waals surface area contributed by atoms with E-state index in [9.17, 15) is 9.59 Å². The summed E-state index contributed by atoms with van der Waals surface area (Å²) in [6.45, 7) is 5.77. The fourth-order valence-electron chi connectivity index (χ4n) is 3.01. The molecule has 1 aromatic carbocycles. The molecule has 0 radical (unpaired) electrons. The normalized spacial score (nSPS) is 14.0. The average molecular weight is 342 g/mol. The van der Waals surface area contributed by atoms with E-state index in [2.05, 4.69) is 12.2 Å². The van der Waals surface area contributed by atoms with E-state index < -0.39 is 0 Å². The Labute approximate surface area is 146 Å². The van der Waals surface area contributed by atoms with Gasteiger partial charge >= 0.3 is 0 Å². The molecule has 1 N–H and O–H groups in total. The second-order valence-electron chi connectivity index (χ2n) is 6.08. The zero-order valence-electron chi connectivity index (χ0n) is 14.1. The van der Waals surface area contributed by atoms with E-state index in [4.69, 9.17) is 0 Å². The van der Waals surface area contributed by atoms with Crippen LogP contribution in [0.15, 0.2) is 30.3 Å². The van der Waals surface area contributed by atoms with Crippen LogP contribution in [0.1, 0.15) is 50.2 Å². The van der Waals surface area contributed by atoms with Crippen molar-refractivity contribution >= 4 is 28.8 Å². The van der Waals surface area contributed by atoms with Crippen LogP contribution in [0.2, 0.25) is 0 Å². The van der Waals surface area contributed by atoms with Gasteiger partial charge in [-0.05, 0) is 56.0 Å². The van der Waals surface area contributed by atoms with Crippen LogP contribution in [-0.4, -0.2) is 29.8 Å². The highest BCUT2D eigenvalue weighted by molar-refractivity contribution is 7.14. The highest BCUT2D eigenvalue weighted by atomic mass is 32.1. The number of benzene rings is 1. The number of nitrogens with zero attached hydrogens (tertiary/aromatic N) is 1. The Morgan fingerprint density at radius 1 is 1.21 bits per heavy atom. The van der Waals surface area contributed by atoms with Crippen LogP contribution in [0.25, 0.3) is 0 Å². The highest BCUT2D eigenvalue weighted by Crippen LogP contribution is 2.23. The molecule has 0 bridgehead atoms. The van der Waals surface area contributed by atoms with Crippen LogP contribution in [0.5, 0.6) is 0 Å². The lowest BCUT2D eigenvalue weighted by atomic mass is 10.1. The van der Waals surface area contributed by atoms with E-state index in [1.807, 2.05) is 30.0 Å². The van der Waals surface area contributed by atoms with Gasteiger partial charge in [0.15, 0.2) is 0 Å². The predicted octanol–water partition coefficient (Wildman–Crippen LogP) is 4.11. The quantitative estimate of drug-likeness (QED) is 0.909. The lowest BCUT2D eigenvalue weighted by Gasteiger charge is -2.15. The van der Waals surface area contributed by atoms with Crippen LogP contribution in [0, 0.1) is 6.92 Å². The maximum Gasteiger partial charge on any atom is 0.265 e. The summed E-state index contributed by atoms with van der Waals surface area (Å²) < 4.78 is 0. The standard InChI is InChI=1S/C19H22N2O2S/c1-3-14-12-17(24-13(14)2)18(22)20-16-8-6-7-15(11-16)19(23)21-9-4-5-10-21/h6-8,11-12H,3-5,9-10H2,1-2H3,(H,20,22). The first-order valence-corrected chi connectivity index (χ1v) is 9.20. The summed E-state index contributed by atoms with van der Waals surface area (Å²) in [5, 5.41) is 2.91. The van der Waals surface area contributed by atoms with Gasteiger partial charge in [-0.1, -0.05) is 13.0 Å². The molecule has 1 aliphatic heterocycles. The van der Waals surface area contributed by atoms with Crippen molar-refractivity contribution < 1.29 is 9.59 Å². The molecule has 1 aliphatic rings. The Balaban J connectivity index is 1.74. The molecular formula is C19H22N2O2S. The van der Waals surface area contributed by atoms with E-state index in [1.165, 1.54) is 21.8 Å². The Bertz CT molecular complexity index is 760. The molecular weight excluding hydrogens is 320 g/mol. The molecule has 1 saturated heterocycles. The molecule has 0 spiro atoms. The third-order valence-corrected chi connectivity index (χ3v) is 5.48. The van der Waals surface area contributed by atoms with Gasteiger partial charge in [0.2, 0.25) is 0 Å². The zero-order chi connectivity index (χ0) is 17.1. The molecule has 0 atom stereocenters. The van der Waals surface area contributed by atoms with Gasteiger partial charge in [0, 0.05) is 29.2 Å². The lowest BCUT2D eigenvalue weighted by Crippen LogP contribution is -2.27. The van der Waals surface area contributed by atoms with Crippen molar-refractivity contribution in [3.8, 4) is 0 Å². The van der Waals surface area contributed by atoms with Crippen molar-refractivity contribution in [3.05, 3.63) is 51.2 Å². The minimum Gasteiger partial charge on any atom is -0.339 e. The number of carbonyl (C=O) groups is 2. The van der Waals surface area contributed by atoms with Gasteiger partial charge in [0.05, 0.1) is 4.88 Å². The summed E-state index contributed by atoms with van der Waals surface area (Å²) in [5.74, 6) is -0.0718. The number of thiophene rings is 1. The number of anilines is 1. The van der Waals surface area contributed by atoms with Gasteiger partial charge in [0.1, 0.15) is 0 Å². The third kappa shape index (κ3) is 3.51. The van der Waals surface area contributed by atoms with Crippen molar-refractivity contribution in [2.75, 3.05) is 18.4 Å². The molecule has 0 aliphatic carbocycles. The van der Waals surface area contributed by atoms with E-state index in [0.717, 1.165) is 32.4 Å². The van der Waals surface area contributed by atoms with E-state index in [0.29, 0.717) is 16.1 Å². The summed E-state index contributed by atoms with van der Waals surface area (Å²) in [7, 11) is 0. The number of amides is 2. The molecule has 0 saturated carbocycles. The maximum atomic E-state index is 12.5. The highest BCUT2D eigenvalue weighted by Gasteiger charge is 2.20. The summed E-state index contributed by atoms with van der Waals surface area (Å²) in [6.07, 6.45) is 3.06. The van der Waals surface area contributed by atoms with Gasteiger partial charge in [0.25, 0.3) is 11.8 Å². The Kier molecular flexibility index (Phi) is 5.00. The molecule has 1 fully saturated rings. The predicted molar refractivity (Wildman–Crippen MR) is 98.0 cm³/mol. The van der Waals surface area contributed by atoms with Crippen molar-refractivity contribution in [2.45, 2.75) is 33.1 Å².